The van der Waals surface area contributed by atoms with Gasteiger partial charge >= 0.3 is 0 Å². The van der Waals surface area contributed by atoms with Gasteiger partial charge in [-0.05, 0) is 30.7 Å². The molecule has 1 N–H and O–H groups in total. The van der Waals surface area contributed by atoms with Crippen molar-refractivity contribution >= 4 is 21.9 Å². The van der Waals surface area contributed by atoms with Crippen LogP contribution >= 0.6 is 0 Å². The van der Waals surface area contributed by atoms with Gasteiger partial charge in [0.2, 0.25) is 0 Å². The highest BCUT2D eigenvalue weighted by molar-refractivity contribution is 5.82. The van der Waals surface area contributed by atoms with Crippen LogP contribution in [-0.2, 0) is 7.05 Å². The van der Waals surface area contributed by atoms with Crippen LogP contribution in [0.2, 0.25) is 0 Å². The van der Waals surface area contributed by atoms with E-state index in [1.165, 1.54) is 22.0 Å². The zero-order chi connectivity index (χ0) is 13.9. The number of aromatic amines is 1. The minimum atomic E-state index is 1.06. The van der Waals surface area contributed by atoms with Crippen LogP contribution in [0.25, 0.3) is 21.9 Å². The van der Waals surface area contributed by atoms with Crippen molar-refractivity contribution in [2.45, 2.75) is 6.92 Å². The smallest absolute Gasteiger partial charge is 0.0955 e. The summed E-state index contributed by atoms with van der Waals surface area (Å²) in [4.78, 5) is 7.37. The van der Waals surface area contributed by atoms with Crippen molar-refractivity contribution in [1.82, 2.24) is 14.5 Å². The first-order valence-electron chi connectivity index (χ1n) is 6.64. The maximum Gasteiger partial charge on any atom is 0.0955 e. The normalized spacial score (nSPS) is 10.5. The number of nitrogens with one attached hydrogen (secondary N) is 1. The van der Waals surface area contributed by atoms with Crippen molar-refractivity contribution < 1.29 is 0 Å². The van der Waals surface area contributed by atoms with Gasteiger partial charge in [-0.15, -0.1) is 0 Å². The molecule has 0 unspecified atom stereocenters. The molecule has 3 heteroatoms. The Morgan fingerprint density at radius 1 is 1.00 bits per heavy atom. The van der Waals surface area contributed by atoms with Gasteiger partial charge in [-0.1, -0.05) is 30.3 Å². The van der Waals surface area contributed by atoms with Crippen LogP contribution in [0, 0.1) is 6.92 Å². The lowest BCUT2D eigenvalue weighted by Gasteiger charge is -1.90. The van der Waals surface area contributed by atoms with E-state index in [1.54, 1.807) is 0 Å². The molecule has 4 rings (SSSR count). The highest BCUT2D eigenvalue weighted by atomic mass is 15.0. The average Bonchev–Trinajstić information content (AvgIpc) is 3.05. The second-order valence-corrected chi connectivity index (χ2v) is 4.86. The van der Waals surface area contributed by atoms with Crippen molar-refractivity contribution in [2.24, 2.45) is 7.05 Å². The Morgan fingerprint density at radius 2 is 1.75 bits per heavy atom. The summed E-state index contributed by atoms with van der Waals surface area (Å²) in [6.45, 7) is 2.11. The van der Waals surface area contributed by atoms with E-state index in [0.717, 1.165) is 5.52 Å². The number of imidazole rings is 1. The van der Waals surface area contributed by atoms with Gasteiger partial charge in [0, 0.05) is 24.1 Å². The maximum atomic E-state index is 4.18. The van der Waals surface area contributed by atoms with E-state index >= 15 is 0 Å². The highest BCUT2D eigenvalue weighted by Crippen LogP contribution is 2.15. The van der Waals surface area contributed by atoms with Crippen LogP contribution < -0.4 is 0 Å². The standard InChI is InChI=1S/C9H9N.C8H8N2/c1-7-6-10-9-5-3-2-4-8(7)9;1-10-6-9-7-4-2-3-5-8(7)10/h2-6,10H,1H3;2-6H,1H3. The third kappa shape index (κ3) is 2.30. The second kappa shape index (κ2) is 5.21. The topological polar surface area (TPSA) is 33.6 Å². The molecule has 0 aliphatic heterocycles. The number of fused-ring (bicyclic) bond motifs is 2. The van der Waals surface area contributed by atoms with Gasteiger partial charge in [-0.2, -0.15) is 0 Å². The van der Waals surface area contributed by atoms with E-state index in [0.29, 0.717) is 0 Å². The van der Waals surface area contributed by atoms with Crippen molar-refractivity contribution in [3.05, 3.63) is 66.6 Å². The van der Waals surface area contributed by atoms with Gasteiger partial charge in [0.05, 0.1) is 17.4 Å². The van der Waals surface area contributed by atoms with E-state index in [2.05, 4.69) is 41.2 Å². The molecule has 0 spiro atoms. The lowest BCUT2D eigenvalue weighted by molar-refractivity contribution is 0.948. The summed E-state index contributed by atoms with van der Waals surface area (Å²) >= 11 is 0. The van der Waals surface area contributed by atoms with E-state index in [1.807, 2.05) is 48.4 Å². The van der Waals surface area contributed by atoms with Crippen molar-refractivity contribution in [2.75, 3.05) is 0 Å². The molecular formula is C17H17N3. The first-order valence-corrected chi connectivity index (χ1v) is 6.64. The third-order valence-corrected chi connectivity index (χ3v) is 3.43. The van der Waals surface area contributed by atoms with Crippen molar-refractivity contribution in [1.29, 1.82) is 0 Å². The fraction of sp³-hybridized carbons (Fsp3) is 0.118. The molecule has 0 saturated heterocycles. The van der Waals surface area contributed by atoms with Crippen LogP contribution in [0.5, 0.6) is 0 Å². The Morgan fingerprint density at radius 3 is 2.55 bits per heavy atom. The maximum absolute atomic E-state index is 4.18. The number of H-pyrrole nitrogens is 1. The molecule has 2 aromatic heterocycles. The summed E-state index contributed by atoms with van der Waals surface area (Å²) in [7, 11) is 2.00. The van der Waals surface area contributed by atoms with Gasteiger partial charge in [0.25, 0.3) is 0 Å². The molecule has 20 heavy (non-hydrogen) atoms. The largest absolute Gasteiger partial charge is 0.361 e. The van der Waals surface area contributed by atoms with Gasteiger partial charge < -0.3 is 9.55 Å². The van der Waals surface area contributed by atoms with Crippen LogP contribution in [0.4, 0.5) is 0 Å². The Hall–Kier alpha value is -2.55. The second-order valence-electron chi connectivity index (χ2n) is 4.86. The lowest BCUT2D eigenvalue weighted by atomic mass is 10.2. The third-order valence-electron chi connectivity index (χ3n) is 3.43. The number of para-hydroxylation sites is 3. The van der Waals surface area contributed by atoms with E-state index in [-0.39, 0.29) is 0 Å². The molecular weight excluding hydrogens is 246 g/mol. The Kier molecular flexibility index (Phi) is 3.25. The fourth-order valence-electron chi connectivity index (χ4n) is 2.30. The van der Waals surface area contributed by atoms with E-state index in [9.17, 15) is 0 Å². The zero-order valence-electron chi connectivity index (χ0n) is 11.7. The number of aromatic nitrogens is 3. The summed E-state index contributed by atoms with van der Waals surface area (Å²) < 4.78 is 2.01. The molecule has 0 saturated carbocycles. The SMILES string of the molecule is Cc1c[nH]c2ccccc12.Cn1cnc2ccccc21. The summed E-state index contributed by atoms with van der Waals surface area (Å²) in [6, 6.07) is 16.4. The number of rotatable bonds is 0. The molecule has 2 aromatic carbocycles. The number of aryl methyl sites for hydroxylation is 2. The monoisotopic (exact) mass is 263 g/mol. The van der Waals surface area contributed by atoms with Crippen molar-refractivity contribution in [3.63, 3.8) is 0 Å². The number of hydrogen-bond donors (Lipinski definition) is 1. The first-order chi connectivity index (χ1) is 9.75. The average molecular weight is 263 g/mol. The molecule has 0 bridgehead atoms. The molecule has 3 nitrogen and oxygen atoms in total. The number of nitrogens with zero attached hydrogens (tertiary/aromatic N) is 2. The zero-order valence-corrected chi connectivity index (χ0v) is 11.7. The molecule has 0 fully saturated rings. The summed E-state index contributed by atoms with van der Waals surface area (Å²) in [6.07, 6.45) is 3.86. The molecule has 0 radical (unpaired) electrons. The van der Waals surface area contributed by atoms with E-state index in [4.69, 9.17) is 0 Å². The predicted molar refractivity (Wildman–Crippen MR) is 83.7 cm³/mol. The summed E-state index contributed by atoms with van der Waals surface area (Å²) in [5.41, 5.74) is 4.78. The molecule has 100 valence electrons. The van der Waals surface area contributed by atoms with Gasteiger partial charge in [-0.25, -0.2) is 4.98 Å². The van der Waals surface area contributed by atoms with Crippen LogP contribution in [0.3, 0.4) is 0 Å². The fourth-order valence-corrected chi connectivity index (χ4v) is 2.30. The Labute approximate surface area is 117 Å². The molecule has 0 amide bonds. The molecule has 0 aliphatic rings. The predicted octanol–water partition coefficient (Wildman–Crippen LogP) is 4.05. The first kappa shape index (κ1) is 12.5. The minimum Gasteiger partial charge on any atom is -0.361 e. The van der Waals surface area contributed by atoms with Crippen LogP contribution in [0.15, 0.2) is 61.1 Å². The van der Waals surface area contributed by atoms with Gasteiger partial charge in [0.15, 0.2) is 0 Å². The van der Waals surface area contributed by atoms with Crippen LogP contribution in [-0.4, -0.2) is 14.5 Å². The number of benzene rings is 2. The van der Waals surface area contributed by atoms with Gasteiger partial charge in [-0.3, -0.25) is 0 Å². The molecule has 4 aromatic rings. The highest BCUT2D eigenvalue weighted by Gasteiger charge is 1.95. The quantitative estimate of drug-likeness (QED) is 0.510. The van der Waals surface area contributed by atoms with Crippen LogP contribution in [0.1, 0.15) is 5.56 Å². The van der Waals surface area contributed by atoms with E-state index < -0.39 is 0 Å². The summed E-state index contributed by atoms with van der Waals surface area (Å²) in [5.74, 6) is 0. The Balaban J connectivity index is 0.000000121. The molecule has 0 atom stereocenters. The molecule has 2 heterocycles. The van der Waals surface area contributed by atoms with Gasteiger partial charge in [0.1, 0.15) is 0 Å². The summed E-state index contributed by atoms with van der Waals surface area (Å²) in [5, 5.41) is 1.32. The lowest BCUT2D eigenvalue weighted by Crippen LogP contribution is -1.81. The minimum absolute atomic E-state index is 1.06. The number of hydrogen-bond acceptors (Lipinski definition) is 1. The molecule has 0 aliphatic carbocycles. The van der Waals surface area contributed by atoms with Crippen molar-refractivity contribution in [3.8, 4) is 0 Å². The Bertz CT molecular complexity index is 767.